The third-order valence-corrected chi connectivity index (χ3v) is 3.77. The van der Waals surface area contributed by atoms with E-state index in [2.05, 4.69) is 38.4 Å². The molecule has 1 aromatic heterocycles. The summed E-state index contributed by atoms with van der Waals surface area (Å²) in [6.45, 7) is 0. The van der Waals surface area contributed by atoms with Gasteiger partial charge in [0.1, 0.15) is 0 Å². The summed E-state index contributed by atoms with van der Waals surface area (Å²) in [5, 5.41) is 3.49. The van der Waals surface area contributed by atoms with Crippen molar-refractivity contribution < 1.29 is 0 Å². The van der Waals surface area contributed by atoms with Crippen LogP contribution in [0.15, 0.2) is 28.2 Å². The maximum absolute atomic E-state index is 4.26. The SMILES string of the molecule is BrC1=NC=C2C=c3ccsc3=C2C1. The Balaban J connectivity index is 2.37. The van der Waals surface area contributed by atoms with Crippen molar-refractivity contribution in [3.05, 3.63) is 33.0 Å². The van der Waals surface area contributed by atoms with E-state index in [4.69, 9.17) is 0 Å². The van der Waals surface area contributed by atoms with Crippen molar-refractivity contribution in [1.82, 2.24) is 0 Å². The van der Waals surface area contributed by atoms with Crippen LogP contribution in [0.3, 0.4) is 0 Å². The zero-order valence-corrected chi connectivity index (χ0v) is 9.15. The van der Waals surface area contributed by atoms with Crippen LogP contribution in [-0.2, 0) is 0 Å². The summed E-state index contributed by atoms with van der Waals surface area (Å²) in [5.41, 5.74) is 2.71. The van der Waals surface area contributed by atoms with Crippen molar-refractivity contribution in [2.45, 2.75) is 6.42 Å². The molecule has 0 saturated heterocycles. The molecule has 2 heterocycles. The van der Waals surface area contributed by atoms with Gasteiger partial charge in [-0.05, 0) is 49.8 Å². The van der Waals surface area contributed by atoms with E-state index in [1.54, 1.807) is 0 Å². The second-order valence-corrected chi connectivity index (χ2v) is 4.93. The molecule has 13 heavy (non-hydrogen) atoms. The fraction of sp³-hybridized carbons (Fsp3) is 0.100. The lowest BCUT2D eigenvalue weighted by atomic mass is 10.1. The van der Waals surface area contributed by atoms with Crippen molar-refractivity contribution in [1.29, 1.82) is 0 Å². The minimum absolute atomic E-state index is 0.940. The molecule has 0 spiro atoms. The highest BCUT2D eigenvalue weighted by Gasteiger charge is 2.16. The molecule has 0 bridgehead atoms. The molecule has 0 amide bonds. The second-order valence-electron chi connectivity index (χ2n) is 3.09. The van der Waals surface area contributed by atoms with Crippen molar-refractivity contribution in [3.8, 4) is 0 Å². The predicted octanol–water partition coefficient (Wildman–Crippen LogP) is 1.77. The largest absolute Gasteiger partial charge is 0.253 e. The Bertz CT molecular complexity index is 548. The summed E-state index contributed by atoms with van der Waals surface area (Å²) in [4.78, 5) is 4.26. The maximum Gasteiger partial charge on any atom is 0.0873 e. The fourth-order valence-corrected chi connectivity index (χ4v) is 3.02. The van der Waals surface area contributed by atoms with Gasteiger partial charge in [0.15, 0.2) is 0 Å². The van der Waals surface area contributed by atoms with E-state index in [1.807, 2.05) is 17.5 Å². The molecule has 3 heteroatoms. The van der Waals surface area contributed by atoms with E-state index in [1.165, 1.54) is 20.9 Å². The van der Waals surface area contributed by atoms with E-state index >= 15 is 0 Å². The third kappa shape index (κ3) is 1.07. The zero-order chi connectivity index (χ0) is 8.84. The lowest BCUT2D eigenvalue weighted by Crippen LogP contribution is -2.16. The zero-order valence-electron chi connectivity index (χ0n) is 6.75. The monoisotopic (exact) mass is 251 g/mol. The molecular formula is C10H6BrNS. The van der Waals surface area contributed by atoms with Crippen LogP contribution < -0.4 is 9.75 Å². The van der Waals surface area contributed by atoms with Gasteiger partial charge in [0.25, 0.3) is 0 Å². The number of thiophene rings is 1. The first kappa shape index (κ1) is 7.71. The van der Waals surface area contributed by atoms with Gasteiger partial charge >= 0.3 is 0 Å². The average Bonchev–Trinajstić information content (AvgIpc) is 2.64. The Labute approximate surface area is 87.9 Å². The van der Waals surface area contributed by atoms with Crippen LogP contribution in [0.1, 0.15) is 6.42 Å². The average molecular weight is 252 g/mol. The van der Waals surface area contributed by atoms with Gasteiger partial charge in [0.2, 0.25) is 0 Å². The summed E-state index contributed by atoms with van der Waals surface area (Å²) in [5.74, 6) is 0. The Morgan fingerprint density at radius 3 is 3.31 bits per heavy atom. The Morgan fingerprint density at radius 2 is 2.38 bits per heavy atom. The van der Waals surface area contributed by atoms with Gasteiger partial charge in [0.05, 0.1) is 4.62 Å². The number of halogens is 1. The van der Waals surface area contributed by atoms with Crippen LogP contribution in [0.2, 0.25) is 0 Å². The van der Waals surface area contributed by atoms with Crippen LogP contribution in [-0.4, -0.2) is 4.62 Å². The Kier molecular flexibility index (Phi) is 1.58. The van der Waals surface area contributed by atoms with E-state index in [-0.39, 0.29) is 0 Å². The molecule has 1 aromatic rings. The molecule has 0 atom stereocenters. The van der Waals surface area contributed by atoms with Gasteiger partial charge in [0, 0.05) is 17.2 Å². The Morgan fingerprint density at radius 1 is 1.46 bits per heavy atom. The van der Waals surface area contributed by atoms with Crippen LogP contribution in [0.4, 0.5) is 0 Å². The summed E-state index contributed by atoms with van der Waals surface area (Å²) in [6.07, 6.45) is 5.09. The molecule has 2 aliphatic rings. The molecule has 1 aliphatic heterocycles. The quantitative estimate of drug-likeness (QED) is 0.667. The van der Waals surface area contributed by atoms with Crippen LogP contribution in [0, 0.1) is 0 Å². The minimum atomic E-state index is 0.940. The highest BCUT2D eigenvalue weighted by Crippen LogP contribution is 2.25. The third-order valence-electron chi connectivity index (χ3n) is 2.30. The number of nitrogens with zero attached hydrogens (tertiary/aromatic N) is 1. The second kappa shape index (κ2) is 2.66. The molecule has 64 valence electrons. The summed E-state index contributed by atoms with van der Waals surface area (Å²) in [6, 6.07) is 2.17. The van der Waals surface area contributed by atoms with Crippen LogP contribution >= 0.6 is 27.3 Å². The first-order valence-electron chi connectivity index (χ1n) is 4.06. The van der Waals surface area contributed by atoms with Crippen molar-refractivity contribution in [2.75, 3.05) is 0 Å². The number of rotatable bonds is 0. The summed E-state index contributed by atoms with van der Waals surface area (Å²) in [7, 11) is 0. The molecule has 0 unspecified atom stereocenters. The number of allylic oxidation sites excluding steroid dienone is 1. The van der Waals surface area contributed by atoms with Gasteiger partial charge in [-0.25, -0.2) is 0 Å². The van der Waals surface area contributed by atoms with Gasteiger partial charge in [-0.15, -0.1) is 11.3 Å². The van der Waals surface area contributed by atoms with E-state index in [0.29, 0.717) is 0 Å². The number of hydrogen-bond donors (Lipinski definition) is 0. The maximum atomic E-state index is 4.26. The fourth-order valence-electron chi connectivity index (χ4n) is 1.69. The number of fused-ring (bicyclic) bond motifs is 2. The van der Waals surface area contributed by atoms with Crippen molar-refractivity contribution in [2.24, 2.45) is 4.99 Å². The molecule has 0 saturated carbocycles. The first-order chi connectivity index (χ1) is 6.34. The summed E-state index contributed by atoms with van der Waals surface area (Å²) >= 11 is 5.26. The van der Waals surface area contributed by atoms with E-state index in [9.17, 15) is 0 Å². The Hall–Kier alpha value is -0.670. The molecule has 0 aromatic carbocycles. The first-order valence-corrected chi connectivity index (χ1v) is 5.73. The van der Waals surface area contributed by atoms with Gasteiger partial charge in [-0.1, -0.05) is 0 Å². The highest BCUT2D eigenvalue weighted by atomic mass is 79.9. The molecule has 1 aliphatic carbocycles. The lowest BCUT2D eigenvalue weighted by Gasteiger charge is -2.07. The van der Waals surface area contributed by atoms with Gasteiger partial charge < -0.3 is 0 Å². The molecule has 0 N–H and O–H groups in total. The molecule has 0 radical (unpaired) electrons. The minimum Gasteiger partial charge on any atom is -0.253 e. The molecule has 3 rings (SSSR count). The number of aliphatic imine (C=N–C) groups is 1. The van der Waals surface area contributed by atoms with Gasteiger partial charge in [-0.3, -0.25) is 4.99 Å². The predicted molar refractivity (Wildman–Crippen MR) is 60.5 cm³/mol. The van der Waals surface area contributed by atoms with Gasteiger partial charge in [-0.2, -0.15) is 0 Å². The normalized spacial score (nSPS) is 18.7. The number of hydrogen-bond acceptors (Lipinski definition) is 2. The topological polar surface area (TPSA) is 12.4 Å². The highest BCUT2D eigenvalue weighted by molar-refractivity contribution is 9.18. The van der Waals surface area contributed by atoms with E-state index < -0.39 is 0 Å². The van der Waals surface area contributed by atoms with Crippen LogP contribution in [0.25, 0.3) is 11.6 Å². The molecule has 0 fully saturated rings. The standard InChI is InChI=1S/C10H6BrNS/c11-9-4-8-7(5-12-9)3-6-1-2-13-10(6)8/h1-3,5H,4H2. The van der Waals surface area contributed by atoms with Crippen LogP contribution in [0.5, 0.6) is 0 Å². The summed E-state index contributed by atoms with van der Waals surface area (Å²) < 4.78 is 2.44. The lowest BCUT2D eigenvalue weighted by molar-refractivity contribution is 1.39. The molecular weight excluding hydrogens is 246 g/mol. The van der Waals surface area contributed by atoms with E-state index in [0.717, 1.165) is 11.0 Å². The molecule has 1 nitrogen and oxygen atoms in total. The van der Waals surface area contributed by atoms with Crippen molar-refractivity contribution >= 4 is 43.5 Å². The van der Waals surface area contributed by atoms with Crippen molar-refractivity contribution in [3.63, 3.8) is 0 Å². The smallest absolute Gasteiger partial charge is 0.0873 e.